The average molecular weight is 270 g/mol. The van der Waals surface area contributed by atoms with Crippen LogP contribution in [-0.2, 0) is 6.42 Å². The van der Waals surface area contributed by atoms with Crippen molar-refractivity contribution in [3.63, 3.8) is 0 Å². The lowest BCUT2D eigenvalue weighted by Gasteiger charge is -2.13. The summed E-state index contributed by atoms with van der Waals surface area (Å²) in [6.45, 7) is 0. The number of allylic oxidation sites excluding steroid dienone is 2. The maximum absolute atomic E-state index is 13.9. The largest absolute Gasteiger partial charge is 0.206 e. The van der Waals surface area contributed by atoms with E-state index < -0.39 is 10.9 Å². The van der Waals surface area contributed by atoms with Crippen molar-refractivity contribution in [1.82, 2.24) is 0 Å². The van der Waals surface area contributed by atoms with Crippen molar-refractivity contribution in [2.75, 3.05) is 0 Å². The SMILES string of the molecule is Fc1ccc(Cc2ccccc2)cc1[SH]1C=CC=C1. The highest BCUT2D eigenvalue weighted by atomic mass is 32.2. The Balaban J connectivity index is 1.89. The molecular formula is C17H15FS. The van der Waals surface area contributed by atoms with E-state index in [9.17, 15) is 4.39 Å². The molecule has 0 aliphatic carbocycles. The Bertz CT molecular complexity index is 617. The fourth-order valence-corrected chi connectivity index (χ4v) is 3.82. The summed E-state index contributed by atoms with van der Waals surface area (Å²) in [6, 6.07) is 15.8. The molecule has 1 aliphatic rings. The number of halogens is 1. The van der Waals surface area contributed by atoms with E-state index in [2.05, 4.69) is 22.9 Å². The normalized spacial score (nSPS) is 15.1. The molecule has 0 saturated carbocycles. The number of benzene rings is 2. The first-order valence-corrected chi connectivity index (χ1v) is 7.76. The minimum atomic E-state index is -0.588. The van der Waals surface area contributed by atoms with Crippen LogP contribution in [-0.4, -0.2) is 0 Å². The average Bonchev–Trinajstić information content (AvgIpc) is 2.96. The highest BCUT2D eigenvalue weighted by molar-refractivity contribution is 8.22. The van der Waals surface area contributed by atoms with Gasteiger partial charge in [-0.25, -0.2) is 4.39 Å². The van der Waals surface area contributed by atoms with Crippen LogP contribution in [0, 0.1) is 5.82 Å². The zero-order valence-electron chi connectivity index (χ0n) is 10.5. The predicted octanol–water partition coefficient (Wildman–Crippen LogP) is 4.82. The van der Waals surface area contributed by atoms with Crippen LogP contribution in [0.4, 0.5) is 4.39 Å². The van der Waals surface area contributed by atoms with Crippen molar-refractivity contribution in [1.29, 1.82) is 0 Å². The van der Waals surface area contributed by atoms with Crippen LogP contribution in [0.15, 0.2) is 76.4 Å². The molecule has 0 nitrogen and oxygen atoms in total. The fourth-order valence-electron chi connectivity index (χ4n) is 2.19. The quantitative estimate of drug-likeness (QED) is 0.760. The van der Waals surface area contributed by atoms with Crippen molar-refractivity contribution in [2.24, 2.45) is 0 Å². The lowest BCUT2D eigenvalue weighted by Crippen LogP contribution is -1.91. The van der Waals surface area contributed by atoms with Gasteiger partial charge < -0.3 is 0 Å². The zero-order chi connectivity index (χ0) is 13.1. The maximum atomic E-state index is 13.9. The molecule has 19 heavy (non-hydrogen) atoms. The molecule has 0 amide bonds. The Morgan fingerprint density at radius 1 is 0.842 bits per heavy atom. The molecule has 0 fully saturated rings. The third kappa shape index (κ3) is 2.79. The molecule has 0 saturated heterocycles. The molecule has 2 aromatic carbocycles. The van der Waals surface area contributed by atoms with Gasteiger partial charge in [-0.2, -0.15) is 10.9 Å². The monoisotopic (exact) mass is 270 g/mol. The van der Waals surface area contributed by atoms with Crippen LogP contribution < -0.4 is 0 Å². The smallest absolute Gasteiger partial charge is 0.135 e. The van der Waals surface area contributed by atoms with Gasteiger partial charge in [0.2, 0.25) is 0 Å². The third-order valence-corrected chi connectivity index (χ3v) is 5.03. The summed E-state index contributed by atoms with van der Waals surface area (Å²) >= 11 is 0. The molecule has 0 spiro atoms. The summed E-state index contributed by atoms with van der Waals surface area (Å²) in [7, 11) is -0.588. The van der Waals surface area contributed by atoms with E-state index in [1.54, 1.807) is 6.07 Å². The molecule has 0 N–H and O–H groups in total. The number of hydrogen-bond donors (Lipinski definition) is 1. The van der Waals surface area contributed by atoms with Gasteiger partial charge in [-0.1, -0.05) is 48.6 Å². The summed E-state index contributed by atoms with van der Waals surface area (Å²) in [5.74, 6) is -0.0980. The van der Waals surface area contributed by atoms with Crippen molar-refractivity contribution in [2.45, 2.75) is 11.3 Å². The molecule has 0 unspecified atom stereocenters. The standard InChI is InChI=1S/C17H15FS/c18-16-9-8-15(12-14-6-2-1-3-7-14)13-17(16)19-10-4-5-11-19/h1-11,13,19H,12H2. The summed E-state index contributed by atoms with van der Waals surface area (Å²) in [6.07, 6.45) is 4.84. The fraction of sp³-hybridized carbons (Fsp3) is 0.0588. The van der Waals surface area contributed by atoms with E-state index in [-0.39, 0.29) is 5.82 Å². The lowest BCUT2D eigenvalue weighted by atomic mass is 10.1. The summed E-state index contributed by atoms with van der Waals surface area (Å²) < 4.78 is 13.9. The van der Waals surface area contributed by atoms with Crippen molar-refractivity contribution in [3.05, 3.63) is 88.4 Å². The van der Waals surface area contributed by atoms with E-state index in [4.69, 9.17) is 0 Å². The first kappa shape index (κ1) is 12.2. The van der Waals surface area contributed by atoms with Gasteiger partial charge >= 0.3 is 0 Å². The number of hydrogen-bond acceptors (Lipinski definition) is 0. The van der Waals surface area contributed by atoms with Crippen LogP contribution in [0.1, 0.15) is 11.1 Å². The molecular weight excluding hydrogens is 255 g/mol. The highest BCUT2D eigenvalue weighted by Crippen LogP contribution is 2.43. The van der Waals surface area contributed by atoms with Crippen molar-refractivity contribution >= 4 is 10.9 Å². The van der Waals surface area contributed by atoms with Gasteiger partial charge in [-0.3, -0.25) is 0 Å². The van der Waals surface area contributed by atoms with Crippen LogP contribution >= 0.6 is 10.9 Å². The Morgan fingerprint density at radius 2 is 1.58 bits per heavy atom. The van der Waals surface area contributed by atoms with E-state index in [0.717, 1.165) is 11.3 Å². The Hall–Kier alpha value is -1.80. The Kier molecular flexibility index (Phi) is 3.51. The van der Waals surface area contributed by atoms with E-state index >= 15 is 0 Å². The second kappa shape index (κ2) is 5.45. The molecule has 1 heterocycles. The number of rotatable bonds is 3. The third-order valence-electron chi connectivity index (χ3n) is 3.14. The lowest BCUT2D eigenvalue weighted by molar-refractivity contribution is 0.601. The minimum Gasteiger partial charge on any atom is -0.206 e. The van der Waals surface area contributed by atoms with Crippen LogP contribution in [0.3, 0.4) is 0 Å². The molecule has 0 bridgehead atoms. The van der Waals surface area contributed by atoms with Gasteiger partial charge in [0.1, 0.15) is 5.82 Å². The van der Waals surface area contributed by atoms with Crippen LogP contribution in [0.2, 0.25) is 0 Å². The molecule has 0 radical (unpaired) electrons. The molecule has 2 heteroatoms. The van der Waals surface area contributed by atoms with Gasteiger partial charge in [0.15, 0.2) is 0 Å². The maximum Gasteiger partial charge on any atom is 0.135 e. The van der Waals surface area contributed by atoms with E-state index in [1.165, 1.54) is 11.1 Å². The molecule has 0 aromatic heterocycles. The molecule has 1 aliphatic heterocycles. The summed E-state index contributed by atoms with van der Waals surface area (Å²) in [5, 5.41) is 4.17. The topological polar surface area (TPSA) is 0 Å². The van der Waals surface area contributed by atoms with Crippen molar-refractivity contribution in [3.8, 4) is 0 Å². The second-order valence-corrected chi connectivity index (χ2v) is 6.43. The van der Waals surface area contributed by atoms with Gasteiger partial charge in [0.25, 0.3) is 0 Å². The van der Waals surface area contributed by atoms with E-state index in [0.29, 0.717) is 0 Å². The van der Waals surface area contributed by atoms with Crippen molar-refractivity contribution < 1.29 is 4.39 Å². The number of thiol groups is 1. The minimum absolute atomic E-state index is 0.0980. The Labute approximate surface area is 115 Å². The van der Waals surface area contributed by atoms with Gasteiger partial charge in [-0.15, -0.1) is 0 Å². The Morgan fingerprint density at radius 3 is 2.32 bits per heavy atom. The van der Waals surface area contributed by atoms with Gasteiger partial charge in [0.05, 0.1) is 0 Å². The second-order valence-electron chi connectivity index (χ2n) is 4.54. The predicted molar refractivity (Wildman–Crippen MR) is 81.2 cm³/mol. The zero-order valence-corrected chi connectivity index (χ0v) is 11.4. The summed E-state index contributed by atoms with van der Waals surface area (Å²) in [5.41, 5.74) is 2.42. The summed E-state index contributed by atoms with van der Waals surface area (Å²) in [4.78, 5) is 0.827. The van der Waals surface area contributed by atoms with Gasteiger partial charge in [-0.05, 0) is 40.5 Å². The highest BCUT2D eigenvalue weighted by Gasteiger charge is 2.10. The van der Waals surface area contributed by atoms with E-state index in [1.807, 2.05) is 42.5 Å². The molecule has 96 valence electrons. The van der Waals surface area contributed by atoms with Gasteiger partial charge in [0, 0.05) is 4.90 Å². The molecule has 0 atom stereocenters. The molecule has 3 rings (SSSR count). The first-order valence-electron chi connectivity index (χ1n) is 6.28. The molecule has 2 aromatic rings. The first-order chi connectivity index (χ1) is 9.33. The van der Waals surface area contributed by atoms with Crippen LogP contribution in [0.25, 0.3) is 0 Å². The van der Waals surface area contributed by atoms with Crippen LogP contribution in [0.5, 0.6) is 0 Å².